The molecule has 9 nitrogen and oxygen atoms in total. The van der Waals surface area contributed by atoms with Crippen LogP contribution in [-0.2, 0) is 20.5 Å². The number of hydrogen-bond donors (Lipinski definition) is 1. The molecule has 0 atom stereocenters. The van der Waals surface area contributed by atoms with Gasteiger partial charge in [0.05, 0.1) is 22.3 Å². The van der Waals surface area contributed by atoms with Crippen LogP contribution in [-0.4, -0.2) is 45.4 Å². The highest BCUT2D eigenvalue weighted by molar-refractivity contribution is 7.22. The Morgan fingerprint density at radius 1 is 1.12 bits per heavy atom. The molecule has 5 heterocycles. The standard InChI is InChI=1S/C23H27N9S/c1-14(2)32-10-7-17(29-32)19-15(3)18-20(24-8-6-16-12-30(4)13-26-16)27-21(28-23(18)33-19)22-25-9-11-31(22)5/h7,9-14H,6,8H2,1-5H3,(H,24,27,28). The van der Waals surface area contributed by atoms with E-state index < -0.39 is 0 Å². The van der Waals surface area contributed by atoms with Crippen LogP contribution in [0.1, 0.15) is 31.1 Å². The van der Waals surface area contributed by atoms with E-state index in [0.717, 1.165) is 56.7 Å². The third-order valence-corrected chi connectivity index (χ3v) is 6.82. The average Bonchev–Trinajstić information content (AvgIpc) is 3.55. The molecule has 0 aliphatic rings. The number of aryl methyl sites for hydroxylation is 3. The first-order valence-corrected chi connectivity index (χ1v) is 11.8. The number of thiophene rings is 1. The number of nitrogens with zero attached hydrogens (tertiary/aromatic N) is 8. The van der Waals surface area contributed by atoms with Gasteiger partial charge in [-0.25, -0.2) is 19.9 Å². The van der Waals surface area contributed by atoms with E-state index in [4.69, 9.17) is 15.1 Å². The summed E-state index contributed by atoms with van der Waals surface area (Å²) in [7, 11) is 3.93. The minimum atomic E-state index is 0.312. The normalized spacial score (nSPS) is 11.7. The molecule has 0 aromatic carbocycles. The van der Waals surface area contributed by atoms with Crippen LogP contribution >= 0.6 is 11.3 Å². The molecule has 0 radical (unpaired) electrons. The Kier molecular flexibility index (Phi) is 5.45. The van der Waals surface area contributed by atoms with E-state index >= 15 is 0 Å². The van der Waals surface area contributed by atoms with Crippen molar-refractivity contribution in [3.8, 4) is 22.2 Å². The fraction of sp³-hybridized carbons (Fsp3) is 0.348. The van der Waals surface area contributed by atoms with Gasteiger partial charge in [-0.3, -0.25) is 4.68 Å². The number of anilines is 1. The van der Waals surface area contributed by atoms with Crippen LogP contribution in [0.2, 0.25) is 0 Å². The lowest BCUT2D eigenvalue weighted by Crippen LogP contribution is -2.09. The third kappa shape index (κ3) is 4.02. The summed E-state index contributed by atoms with van der Waals surface area (Å²) in [6, 6.07) is 2.38. The zero-order valence-corrected chi connectivity index (χ0v) is 20.3. The van der Waals surface area contributed by atoms with E-state index in [1.807, 2.05) is 52.8 Å². The van der Waals surface area contributed by atoms with Crippen molar-refractivity contribution in [3.05, 3.63) is 48.4 Å². The first-order valence-electron chi connectivity index (χ1n) is 11.0. The van der Waals surface area contributed by atoms with E-state index in [-0.39, 0.29) is 0 Å². The van der Waals surface area contributed by atoms with Gasteiger partial charge in [-0.2, -0.15) is 5.10 Å². The highest BCUT2D eigenvalue weighted by Crippen LogP contribution is 2.40. The van der Waals surface area contributed by atoms with Gasteiger partial charge in [0.15, 0.2) is 11.6 Å². The van der Waals surface area contributed by atoms with Gasteiger partial charge in [-0.1, -0.05) is 0 Å². The third-order valence-electron chi connectivity index (χ3n) is 5.61. The van der Waals surface area contributed by atoms with Crippen LogP contribution in [0.5, 0.6) is 0 Å². The fourth-order valence-electron chi connectivity index (χ4n) is 3.84. The second kappa shape index (κ2) is 8.43. The first-order chi connectivity index (χ1) is 15.9. The summed E-state index contributed by atoms with van der Waals surface area (Å²) in [6.45, 7) is 7.09. The molecule has 10 heteroatoms. The number of hydrogen-bond acceptors (Lipinski definition) is 7. The summed E-state index contributed by atoms with van der Waals surface area (Å²) in [4.78, 5) is 20.7. The molecule has 5 rings (SSSR count). The summed E-state index contributed by atoms with van der Waals surface area (Å²) in [5.74, 6) is 2.16. The number of fused-ring (bicyclic) bond motifs is 1. The van der Waals surface area contributed by atoms with Gasteiger partial charge in [-0.05, 0) is 32.4 Å². The van der Waals surface area contributed by atoms with Gasteiger partial charge in [0.25, 0.3) is 0 Å². The molecule has 33 heavy (non-hydrogen) atoms. The van der Waals surface area contributed by atoms with Crippen LogP contribution in [0.4, 0.5) is 5.82 Å². The molecule has 0 bridgehead atoms. The van der Waals surface area contributed by atoms with Gasteiger partial charge in [0.1, 0.15) is 16.3 Å². The van der Waals surface area contributed by atoms with Gasteiger partial charge in [-0.15, -0.1) is 11.3 Å². The van der Waals surface area contributed by atoms with E-state index in [1.54, 1.807) is 17.5 Å². The molecule has 0 aliphatic heterocycles. The Hall–Kier alpha value is -3.53. The minimum absolute atomic E-state index is 0.312. The van der Waals surface area contributed by atoms with Crippen LogP contribution in [0.3, 0.4) is 0 Å². The van der Waals surface area contributed by atoms with Crippen molar-refractivity contribution in [1.29, 1.82) is 0 Å². The predicted molar refractivity (Wildman–Crippen MR) is 131 cm³/mol. The predicted octanol–water partition coefficient (Wildman–Crippen LogP) is 4.23. The lowest BCUT2D eigenvalue weighted by Gasteiger charge is -2.09. The second-order valence-corrected chi connectivity index (χ2v) is 9.47. The Balaban J connectivity index is 1.57. The molecule has 0 saturated carbocycles. The summed E-state index contributed by atoms with van der Waals surface area (Å²) >= 11 is 1.65. The Bertz CT molecular complexity index is 1420. The van der Waals surface area contributed by atoms with E-state index in [9.17, 15) is 0 Å². The molecule has 1 N–H and O–H groups in total. The lowest BCUT2D eigenvalue weighted by molar-refractivity contribution is 0.534. The van der Waals surface area contributed by atoms with Crippen LogP contribution in [0.15, 0.2) is 37.2 Å². The van der Waals surface area contributed by atoms with Gasteiger partial charge in [0, 0.05) is 57.9 Å². The van der Waals surface area contributed by atoms with Crippen LogP contribution in [0.25, 0.3) is 32.4 Å². The van der Waals surface area contributed by atoms with Crippen molar-refractivity contribution in [3.63, 3.8) is 0 Å². The molecule has 0 spiro atoms. The topological polar surface area (TPSA) is 91.3 Å². The SMILES string of the molecule is Cc1c(-c2ccn(C(C)C)n2)sc2nc(-c3nccn3C)nc(NCCc3cn(C)cn3)c12. The Labute approximate surface area is 196 Å². The maximum absolute atomic E-state index is 4.89. The highest BCUT2D eigenvalue weighted by atomic mass is 32.1. The van der Waals surface area contributed by atoms with Crippen LogP contribution < -0.4 is 5.32 Å². The maximum Gasteiger partial charge on any atom is 0.199 e. The van der Waals surface area contributed by atoms with Crippen molar-refractivity contribution in [2.24, 2.45) is 14.1 Å². The van der Waals surface area contributed by atoms with Crippen molar-refractivity contribution < 1.29 is 0 Å². The maximum atomic E-state index is 4.89. The summed E-state index contributed by atoms with van der Waals surface area (Å²) in [6.07, 6.45) is 10.4. The molecular weight excluding hydrogens is 434 g/mol. The first kappa shape index (κ1) is 21.3. The Morgan fingerprint density at radius 3 is 2.64 bits per heavy atom. The quantitative estimate of drug-likeness (QED) is 0.390. The molecule has 0 saturated heterocycles. The molecule has 0 amide bonds. The van der Waals surface area contributed by atoms with Gasteiger partial charge >= 0.3 is 0 Å². The summed E-state index contributed by atoms with van der Waals surface area (Å²) < 4.78 is 5.88. The molecule has 5 aromatic rings. The van der Waals surface area contributed by atoms with E-state index in [0.29, 0.717) is 11.9 Å². The van der Waals surface area contributed by atoms with E-state index in [1.165, 1.54) is 0 Å². The molecule has 170 valence electrons. The van der Waals surface area contributed by atoms with Crippen LogP contribution in [0, 0.1) is 6.92 Å². The van der Waals surface area contributed by atoms with Crippen molar-refractivity contribution in [2.45, 2.75) is 33.2 Å². The van der Waals surface area contributed by atoms with Gasteiger partial charge in [0.2, 0.25) is 0 Å². The molecule has 0 aliphatic carbocycles. The average molecular weight is 462 g/mol. The van der Waals surface area contributed by atoms with Crippen molar-refractivity contribution in [1.82, 2.24) is 38.9 Å². The number of nitrogens with one attached hydrogen (secondary N) is 1. The van der Waals surface area contributed by atoms with E-state index in [2.05, 4.69) is 42.1 Å². The minimum Gasteiger partial charge on any atom is -0.369 e. The second-order valence-electron chi connectivity index (χ2n) is 8.48. The fourth-order valence-corrected chi connectivity index (χ4v) is 4.99. The van der Waals surface area contributed by atoms with Gasteiger partial charge < -0.3 is 14.5 Å². The molecule has 5 aromatic heterocycles. The van der Waals surface area contributed by atoms with Crippen molar-refractivity contribution in [2.75, 3.05) is 11.9 Å². The summed E-state index contributed by atoms with van der Waals surface area (Å²) in [5, 5.41) is 9.36. The largest absolute Gasteiger partial charge is 0.369 e. The van der Waals surface area contributed by atoms with Crippen molar-refractivity contribution >= 4 is 27.4 Å². The lowest BCUT2D eigenvalue weighted by atomic mass is 10.1. The molecular formula is C23H27N9S. The molecule has 0 fully saturated rings. The number of imidazole rings is 2. The number of aromatic nitrogens is 8. The smallest absolute Gasteiger partial charge is 0.199 e. The summed E-state index contributed by atoms with van der Waals surface area (Å²) in [5.41, 5.74) is 3.14. The highest BCUT2D eigenvalue weighted by Gasteiger charge is 2.20. The number of rotatable bonds is 7. The monoisotopic (exact) mass is 461 g/mol. The zero-order valence-electron chi connectivity index (χ0n) is 19.4. The molecule has 0 unspecified atom stereocenters. The zero-order chi connectivity index (χ0) is 23.1. The Morgan fingerprint density at radius 2 is 1.97 bits per heavy atom.